The van der Waals surface area contributed by atoms with Crippen molar-refractivity contribution in [3.8, 4) is 0 Å². The predicted molar refractivity (Wildman–Crippen MR) is 79.8 cm³/mol. The summed E-state index contributed by atoms with van der Waals surface area (Å²) < 4.78 is 27.7. The van der Waals surface area contributed by atoms with Gasteiger partial charge >= 0.3 is 0 Å². The Hall–Kier alpha value is -0.890. The number of hydrogen-bond donors (Lipinski definition) is 2. The number of halogens is 4. The maximum atomic E-state index is 13.2. The van der Waals surface area contributed by atoms with Crippen molar-refractivity contribution in [2.24, 2.45) is 5.84 Å². The number of pyridine rings is 1. The average Bonchev–Trinajstić information content (AvgIpc) is 2.41. The van der Waals surface area contributed by atoms with Crippen LogP contribution in [-0.4, -0.2) is 4.98 Å². The first-order valence-corrected chi connectivity index (χ1v) is 7.31. The molecule has 1 atom stereocenters. The first-order chi connectivity index (χ1) is 9.51. The molecule has 2 aromatic rings. The van der Waals surface area contributed by atoms with E-state index in [2.05, 4.69) is 42.3 Å². The third-order valence-electron chi connectivity index (χ3n) is 2.79. The van der Waals surface area contributed by atoms with Crippen molar-refractivity contribution in [2.45, 2.75) is 12.5 Å². The summed E-state index contributed by atoms with van der Waals surface area (Å²) >= 11 is 6.72. The van der Waals surface area contributed by atoms with Gasteiger partial charge in [0.15, 0.2) is 11.6 Å². The molecule has 0 saturated carbocycles. The maximum Gasteiger partial charge on any atom is 0.159 e. The first kappa shape index (κ1) is 15.5. The summed E-state index contributed by atoms with van der Waals surface area (Å²) in [4.78, 5) is 4.28. The molecule has 0 fully saturated rings. The number of benzene rings is 1. The van der Waals surface area contributed by atoms with Gasteiger partial charge < -0.3 is 0 Å². The molecule has 1 heterocycles. The van der Waals surface area contributed by atoms with Crippen LogP contribution < -0.4 is 11.3 Å². The number of aromatic nitrogens is 1. The van der Waals surface area contributed by atoms with Crippen LogP contribution in [0.1, 0.15) is 17.3 Å². The van der Waals surface area contributed by atoms with E-state index in [1.54, 1.807) is 6.20 Å². The Morgan fingerprint density at radius 2 is 1.95 bits per heavy atom. The topological polar surface area (TPSA) is 50.9 Å². The fraction of sp³-hybridized carbons (Fsp3) is 0.154. The van der Waals surface area contributed by atoms with E-state index in [1.165, 1.54) is 6.07 Å². The van der Waals surface area contributed by atoms with E-state index < -0.39 is 11.6 Å². The number of nitrogens with one attached hydrogen (secondary N) is 1. The van der Waals surface area contributed by atoms with Gasteiger partial charge in [0.05, 0.1) is 11.7 Å². The van der Waals surface area contributed by atoms with Gasteiger partial charge in [0, 0.05) is 15.1 Å². The number of hydrazine groups is 1. The summed E-state index contributed by atoms with van der Waals surface area (Å²) in [6, 6.07) is 5.31. The second kappa shape index (κ2) is 6.71. The van der Waals surface area contributed by atoms with Gasteiger partial charge in [-0.3, -0.25) is 16.3 Å². The highest BCUT2D eigenvalue weighted by Gasteiger charge is 2.16. The summed E-state index contributed by atoms with van der Waals surface area (Å²) in [6.07, 6.45) is 2.04. The van der Waals surface area contributed by atoms with Crippen LogP contribution in [0.2, 0.25) is 0 Å². The molecule has 106 valence electrons. The Balaban J connectivity index is 2.26. The molecule has 1 unspecified atom stereocenters. The third-order valence-corrected chi connectivity index (χ3v) is 3.86. The summed E-state index contributed by atoms with van der Waals surface area (Å²) in [7, 11) is 0. The molecule has 2 rings (SSSR count). The number of nitrogens with zero attached hydrogens (tertiary/aromatic N) is 1. The third kappa shape index (κ3) is 3.60. The van der Waals surface area contributed by atoms with Crippen molar-refractivity contribution in [3.63, 3.8) is 0 Å². The van der Waals surface area contributed by atoms with Gasteiger partial charge in [0.1, 0.15) is 0 Å². The normalized spacial score (nSPS) is 12.4. The molecule has 1 aromatic carbocycles. The van der Waals surface area contributed by atoms with Gasteiger partial charge in [-0.25, -0.2) is 8.78 Å². The second-order valence-corrected chi connectivity index (χ2v) is 5.96. The molecular weight excluding hydrogens is 396 g/mol. The molecule has 0 aliphatic rings. The van der Waals surface area contributed by atoms with Crippen molar-refractivity contribution in [1.82, 2.24) is 10.4 Å². The van der Waals surface area contributed by atoms with Crippen molar-refractivity contribution in [1.29, 1.82) is 0 Å². The Kier molecular flexibility index (Phi) is 5.20. The zero-order chi connectivity index (χ0) is 14.7. The van der Waals surface area contributed by atoms with Gasteiger partial charge in [0.25, 0.3) is 0 Å². The Morgan fingerprint density at radius 3 is 2.55 bits per heavy atom. The zero-order valence-electron chi connectivity index (χ0n) is 10.2. The van der Waals surface area contributed by atoms with Crippen molar-refractivity contribution in [2.75, 3.05) is 0 Å². The molecule has 7 heteroatoms. The molecule has 0 radical (unpaired) electrons. The number of hydrogen-bond acceptors (Lipinski definition) is 3. The van der Waals surface area contributed by atoms with Crippen molar-refractivity contribution >= 4 is 31.9 Å². The highest BCUT2D eigenvalue weighted by molar-refractivity contribution is 9.11. The minimum Gasteiger partial charge on any atom is -0.271 e. The average molecular weight is 407 g/mol. The van der Waals surface area contributed by atoms with Gasteiger partial charge in [-0.2, -0.15) is 0 Å². The lowest BCUT2D eigenvalue weighted by atomic mass is 10.0. The quantitative estimate of drug-likeness (QED) is 0.602. The van der Waals surface area contributed by atoms with E-state index >= 15 is 0 Å². The van der Waals surface area contributed by atoms with E-state index in [9.17, 15) is 8.78 Å². The Labute approximate surface area is 131 Å². The molecule has 1 aromatic heterocycles. The summed E-state index contributed by atoms with van der Waals surface area (Å²) in [6.45, 7) is 0. The van der Waals surface area contributed by atoms with Crippen LogP contribution in [0.25, 0.3) is 0 Å². The van der Waals surface area contributed by atoms with Crippen molar-refractivity contribution < 1.29 is 8.78 Å². The van der Waals surface area contributed by atoms with Crippen LogP contribution >= 0.6 is 31.9 Å². The van der Waals surface area contributed by atoms with Gasteiger partial charge in [-0.15, -0.1) is 0 Å². The maximum absolute atomic E-state index is 13.2. The zero-order valence-corrected chi connectivity index (χ0v) is 13.4. The fourth-order valence-corrected chi connectivity index (χ4v) is 3.08. The van der Waals surface area contributed by atoms with E-state index in [4.69, 9.17) is 5.84 Å². The minimum absolute atomic E-state index is 0.317. The van der Waals surface area contributed by atoms with Gasteiger partial charge in [-0.05, 0) is 62.0 Å². The number of rotatable bonds is 4. The molecular formula is C13H11Br2F2N3. The van der Waals surface area contributed by atoms with E-state index in [-0.39, 0.29) is 6.04 Å². The van der Waals surface area contributed by atoms with E-state index in [0.717, 1.165) is 21.1 Å². The van der Waals surface area contributed by atoms with Crippen LogP contribution in [0.15, 0.2) is 39.4 Å². The molecule has 0 bridgehead atoms. The van der Waals surface area contributed by atoms with Crippen LogP contribution in [0.3, 0.4) is 0 Å². The van der Waals surface area contributed by atoms with Crippen LogP contribution in [0.4, 0.5) is 8.78 Å². The SMILES string of the molecule is NNC(Cc1ccc(F)c(F)c1)c1ncc(Br)cc1Br. The summed E-state index contributed by atoms with van der Waals surface area (Å²) in [5.74, 6) is 3.80. The standard InChI is InChI=1S/C13H11Br2F2N3/c14-8-5-9(15)13(19-6-8)12(20-18)4-7-1-2-10(16)11(17)3-7/h1-3,5-6,12,20H,4,18H2. The van der Waals surface area contributed by atoms with Crippen molar-refractivity contribution in [3.05, 3.63) is 62.3 Å². The molecule has 0 saturated heterocycles. The Morgan fingerprint density at radius 1 is 1.20 bits per heavy atom. The highest BCUT2D eigenvalue weighted by Crippen LogP contribution is 2.26. The minimum atomic E-state index is -0.874. The highest BCUT2D eigenvalue weighted by atomic mass is 79.9. The smallest absolute Gasteiger partial charge is 0.159 e. The first-order valence-electron chi connectivity index (χ1n) is 5.72. The van der Waals surface area contributed by atoms with Crippen LogP contribution in [0.5, 0.6) is 0 Å². The summed E-state index contributed by atoms with van der Waals surface area (Å²) in [5.41, 5.74) is 3.96. The fourth-order valence-electron chi connectivity index (χ4n) is 1.82. The van der Waals surface area contributed by atoms with Gasteiger partial charge in [0.2, 0.25) is 0 Å². The lowest BCUT2D eigenvalue weighted by molar-refractivity contribution is 0.500. The lowest BCUT2D eigenvalue weighted by Crippen LogP contribution is -2.30. The second-order valence-electron chi connectivity index (χ2n) is 4.19. The lowest BCUT2D eigenvalue weighted by Gasteiger charge is -2.17. The largest absolute Gasteiger partial charge is 0.271 e. The molecule has 20 heavy (non-hydrogen) atoms. The van der Waals surface area contributed by atoms with Gasteiger partial charge in [-0.1, -0.05) is 6.07 Å². The van der Waals surface area contributed by atoms with Crippen LogP contribution in [-0.2, 0) is 6.42 Å². The Bertz CT molecular complexity index is 623. The number of nitrogens with two attached hydrogens (primary N) is 1. The molecule has 0 aliphatic carbocycles. The van der Waals surface area contributed by atoms with E-state index in [0.29, 0.717) is 17.7 Å². The predicted octanol–water partition coefficient (Wildman–Crippen LogP) is 3.63. The summed E-state index contributed by atoms with van der Waals surface area (Å²) in [5, 5.41) is 0. The van der Waals surface area contributed by atoms with Crippen LogP contribution in [0, 0.1) is 11.6 Å². The molecule has 3 N–H and O–H groups in total. The molecule has 0 spiro atoms. The molecule has 3 nitrogen and oxygen atoms in total. The monoisotopic (exact) mass is 405 g/mol. The molecule has 0 aliphatic heterocycles. The van der Waals surface area contributed by atoms with E-state index in [1.807, 2.05) is 6.07 Å². The molecule has 0 amide bonds.